The number of aromatic hydroxyl groups is 1. The van der Waals surface area contributed by atoms with Crippen LogP contribution < -0.4 is 5.43 Å². The van der Waals surface area contributed by atoms with Crippen LogP contribution in [0.1, 0.15) is 11.1 Å². The molecule has 0 fully saturated rings. The zero-order valence-corrected chi connectivity index (χ0v) is 9.59. The number of hydrazone groups is 1. The maximum atomic E-state index is 9.61. The van der Waals surface area contributed by atoms with Crippen LogP contribution in [-0.4, -0.2) is 11.3 Å². The van der Waals surface area contributed by atoms with Gasteiger partial charge in [-0.05, 0) is 31.2 Å². The Hall–Kier alpha value is -2.29. The van der Waals surface area contributed by atoms with Gasteiger partial charge >= 0.3 is 0 Å². The third kappa shape index (κ3) is 3.08. The predicted octanol–water partition coefficient (Wildman–Crippen LogP) is 3.15. The SMILES string of the molecule is Cc1ccc(O)c(/C=N\Nc2ccccc2)c1. The van der Waals surface area contributed by atoms with Crippen LogP contribution in [0.25, 0.3) is 0 Å². The number of para-hydroxylation sites is 1. The molecule has 2 aromatic carbocycles. The molecule has 2 aromatic rings. The van der Waals surface area contributed by atoms with Gasteiger partial charge in [0.05, 0.1) is 11.9 Å². The standard InChI is InChI=1S/C14H14N2O/c1-11-7-8-14(17)12(9-11)10-15-16-13-5-3-2-4-6-13/h2-10,16-17H,1H3/b15-10-. The molecule has 17 heavy (non-hydrogen) atoms. The number of aryl methyl sites for hydroxylation is 1. The summed E-state index contributed by atoms with van der Waals surface area (Å²) < 4.78 is 0. The summed E-state index contributed by atoms with van der Waals surface area (Å²) >= 11 is 0. The largest absolute Gasteiger partial charge is 0.507 e. The van der Waals surface area contributed by atoms with Crippen molar-refractivity contribution < 1.29 is 5.11 Å². The van der Waals surface area contributed by atoms with Crippen LogP contribution in [0.5, 0.6) is 5.75 Å². The number of benzene rings is 2. The second kappa shape index (κ2) is 5.16. The van der Waals surface area contributed by atoms with Crippen LogP contribution in [0.15, 0.2) is 53.6 Å². The molecule has 2 N–H and O–H groups in total. The summed E-state index contributed by atoms with van der Waals surface area (Å²) in [7, 11) is 0. The second-order valence-corrected chi connectivity index (χ2v) is 3.80. The van der Waals surface area contributed by atoms with Crippen molar-refractivity contribution in [2.45, 2.75) is 6.92 Å². The van der Waals surface area contributed by atoms with E-state index in [-0.39, 0.29) is 5.75 Å². The van der Waals surface area contributed by atoms with Crippen molar-refractivity contribution in [2.75, 3.05) is 5.43 Å². The lowest BCUT2D eigenvalue weighted by molar-refractivity contribution is 0.474. The van der Waals surface area contributed by atoms with E-state index < -0.39 is 0 Å². The smallest absolute Gasteiger partial charge is 0.124 e. The van der Waals surface area contributed by atoms with Gasteiger partial charge in [0.15, 0.2) is 0 Å². The normalized spacial score (nSPS) is 10.6. The molecule has 0 saturated carbocycles. The average molecular weight is 226 g/mol. The van der Waals surface area contributed by atoms with E-state index in [0.29, 0.717) is 5.56 Å². The Bertz CT molecular complexity index is 521. The van der Waals surface area contributed by atoms with Gasteiger partial charge in [0.25, 0.3) is 0 Å². The van der Waals surface area contributed by atoms with E-state index in [4.69, 9.17) is 0 Å². The van der Waals surface area contributed by atoms with Gasteiger partial charge in [-0.2, -0.15) is 5.10 Å². The van der Waals surface area contributed by atoms with Crippen LogP contribution in [0.2, 0.25) is 0 Å². The first-order valence-electron chi connectivity index (χ1n) is 5.39. The fourth-order valence-corrected chi connectivity index (χ4v) is 1.47. The van der Waals surface area contributed by atoms with Gasteiger partial charge in [-0.25, -0.2) is 0 Å². The number of hydrogen-bond donors (Lipinski definition) is 2. The Morgan fingerprint density at radius 1 is 1.12 bits per heavy atom. The maximum absolute atomic E-state index is 9.61. The summed E-state index contributed by atoms with van der Waals surface area (Å²) in [4.78, 5) is 0. The monoisotopic (exact) mass is 226 g/mol. The molecule has 86 valence electrons. The lowest BCUT2D eigenvalue weighted by Gasteiger charge is -2.01. The zero-order chi connectivity index (χ0) is 12.1. The van der Waals surface area contributed by atoms with Crippen LogP contribution >= 0.6 is 0 Å². The summed E-state index contributed by atoms with van der Waals surface area (Å²) in [6.07, 6.45) is 1.61. The molecule has 0 heterocycles. The first-order chi connectivity index (χ1) is 8.25. The van der Waals surface area contributed by atoms with Gasteiger partial charge in [-0.3, -0.25) is 5.43 Å². The number of nitrogens with one attached hydrogen (secondary N) is 1. The highest BCUT2D eigenvalue weighted by Gasteiger charge is 1.97. The predicted molar refractivity (Wildman–Crippen MR) is 70.5 cm³/mol. The number of anilines is 1. The maximum Gasteiger partial charge on any atom is 0.124 e. The molecule has 0 amide bonds. The van der Waals surface area contributed by atoms with Crippen LogP contribution in [0, 0.1) is 6.92 Å². The Morgan fingerprint density at radius 3 is 2.65 bits per heavy atom. The molecule has 0 unspecified atom stereocenters. The molecule has 0 spiro atoms. The van der Waals surface area contributed by atoms with E-state index >= 15 is 0 Å². The molecule has 0 atom stereocenters. The molecule has 0 aromatic heterocycles. The van der Waals surface area contributed by atoms with E-state index in [0.717, 1.165) is 11.3 Å². The molecule has 0 radical (unpaired) electrons. The lowest BCUT2D eigenvalue weighted by Crippen LogP contribution is -1.91. The number of hydrogen-bond acceptors (Lipinski definition) is 3. The highest BCUT2D eigenvalue weighted by Crippen LogP contribution is 2.16. The van der Waals surface area contributed by atoms with E-state index in [9.17, 15) is 5.11 Å². The van der Waals surface area contributed by atoms with Crippen molar-refractivity contribution in [1.82, 2.24) is 0 Å². The Labute approximate surface area is 100 Å². The van der Waals surface area contributed by atoms with E-state index in [1.165, 1.54) is 0 Å². The van der Waals surface area contributed by atoms with Gasteiger partial charge in [0.2, 0.25) is 0 Å². The van der Waals surface area contributed by atoms with Crippen molar-refractivity contribution >= 4 is 11.9 Å². The molecule has 0 aliphatic carbocycles. The van der Waals surface area contributed by atoms with Crippen molar-refractivity contribution in [3.8, 4) is 5.75 Å². The molecular weight excluding hydrogens is 212 g/mol. The highest BCUT2D eigenvalue weighted by molar-refractivity contribution is 5.84. The summed E-state index contributed by atoms with van der Waals surface area (Å²) in [5.41, 5.74) is 5.60. The summed E-state index contributed by atoms with van der Waals surface area (Å²) in [5.74, 6) is 0.231. The molecular formula is C14H14N2O. The molecule has 3 nitrogen and oxygen atoms in total. The second-order valence-electron chi connectivity index (χ2n) is 3.80. The third-order valence-corrected chi connectivity index (χ3v) is 2.35. The minimum atomic E-state index is 0.231. The third-order valence-electron chi connectivity index (χ3n) is 2.35. The van der Waals surface area contributed by atoms with Gasteiger partial charge in [0, 0.05) is 5.56 Å². The van der Waals surface area contributed by atoms with Crippen LogP contribution in [0.4, 0.5) is 5.69 Å². The van der Waals surface area contributed by atoms with Gasteiger partial charge in [0.1, 0.15) is 5.75 Å². The Morgan fingerprint density at radius 2 is 1.88 bits per heavy atom. The Kier molecular flexibility index (Phi) is 3.40. The zero-order valence-electron chi connectivity index (χ0n) is 9.59. The van der Waals surface area contributed by atoms with Gasteiger partial charge in [-0.1, -0.05) is 29.8 Å². The molecule has 2 rings (SSSR count). The molecule has 0 saturated heterocycles. The lowest BCUT2D eigenvalue weighted by atomic mass is 10.1. The van der Waals surface area contributed by atoms with Gasteiger partial charge < -0.3 is 5.11 Å². The van der Waals surface area contributed by atoms with E-state index in [2.05, 4.69) is 10.5 Å². The first-order valence-corrected chi connectivity index (χ1v) is 5.39. The minimum absolute atomic E-state index is 0.231. The van der Waals surface area contributed by atoms with E-state index in [1.54, 1.807) is 12.3 Å². The van der Waals surface area contributed by atoms with Crippen molar-refractivity contribution in [1.29, 1.82) is 0 Å². The summed E-state index contributed by atoms with van der Waals surface area (Å²) in [6.45, 7) is 1.97. The highest BCUT2D eigenvalue weighted by atomic mass is 16.3. The van der Waals surface area contributed by atoms with E-state index in [1.807, 2.05) is 49.4 Å². The fourth-order valence-electron chi connectivity index (χ4n) is 1.47. The number of nitrogens with zero attached hydrogens (tertiary/aromatic N) is 1. The van der Waals surface area contributed by atoms with Crippen molar-refractivity contribution in [3.05, 3.63) is 59.7 Å². The first kappa shape index (κ1) is 11.2. The van der Waals surface area contributed by atoms with Crippen LogP contribution in [0.3, 0.4) is 0 Å². The molecule has 3 heteroatoms. The average Bonchev–Trinajstić information content (AvgIpc) is 2.35. The number of phenols is 1. The quantitative estimate of drug-likeness (QED) is 0.623. The number of phenolic OH excluding ortho intramolecular Hbond substituents is 1. The van der Waals surface area contributed by atoms with Crippen LogP contribution in [-0.2, 0) is 0 Å². The fraction of sp³-hybridized carbons (Fsp3) is 0.0714. The van der Waals surface area contributed by atoms with Gasteiger partial charge in [-0.15, -0.1) is 0 Å². The molecule has 0 aliphatic rings. The number of rotatable bonds is 3. The van der Waals surface area contributed by atoms with Crippen molar-refractivity contribution in [2.24, 2.45) is 5.10 Å². The topological polar surface area (TPSA) is 44.6 Å². The Balaban J connectivity index is 2.08. The summed E-state index contributed by atoms with van der Waals surface area (Å²) in [6, 6.07) is 15.1. The summed E-state index contributed by atoms with van der Waals surface area (Å²) in [5, 5.41) is 13.7. The molecule has 0 aliphatic heterocycles. The van der Waals surface area contributed by atoms with Crippen molar-refractivity contribution in [3.63, 3.8) is 0 Å². The molecule has 0 bridgehead atoms. The minimum Gasteiger partial charge on any atom is -0.507 e.